The van der Waals surface area contributed by atoms with Crippen molar-refractivity contribution in [1.29, 1.82) is 0 Å². The van der Waals surface area contributed by atoms with Gasteiger partial charge in [0, 0.05) is 49.5 Å². The molecule has 0 saturated carbocycles. The van der Waals surface area contributed by atoms with Gasteiger partial charge in [-0.1, -0.05) is 6.08 Å². The molecule has 0 bridgehead atoms. The van der Waals surface area contributed by atoms with E-state index >= 15 is 0 Å². The van der Waals surface area contributed by atoms with Crippen LogP contribution in [0.4, 0.5) is 0 Å². The van der Waals surface area contributed by atoms with Gasteiger partial charge >= 0.3 is 0 Å². The normalized spacial score (nSPS) is 16.3. The van der Waals surface area contributed by atoms with Gasteiger partial charge in [-0.15, -0.1) is 31.4 Å². The number of hydrogen-bond donors (Lipinski definition) is 3. The molecule has 1 fully saturated rings. The summed E-state index contributed by atoms with van der Waals surface area (Å²) in [5.41, 5.74) is 2.08. The summed E-state index contributed by atoms with van der Waals surface area (Å²) in [5.74, 6) is 0.196. The molecule has 0 unspecified atom stereocenters. The Bertz CT molecular complexity index is 480. The lowest BCUT2D eigenvalue weighted by molar-refractivity contribution is 0.168. The lowest BCUT2D eigenvalue weighted by Gasteiger charge is -2.36. The number of aliphatic hydroxyl groups excluding tert-OH is 1. The highest BCUT2D eigenvalue weighted by atomic mass is 35.5. The maximum Gasteiger partial charge on any atom is 0.141 e. The second kappa shape index (κ2) is 10.0. The first kappa shape index (κ1) is 21.1. The third-order valence-electron chi connectivity index (χ3n) is 3.84. The zero-order valence-electron chi connectivity index (χ0n) is 12.8. The number of halogens is 2. The molecule has 0 aliphatic carbocycles. The molecule has 1 aliphatic rings. The molecular weight excluding hydrogens is 325 g/mol. The fraction of sp³-hybridized carbons (Fsp3) is 0.533. The SMILES string of the molecule is C=CC[C@H](c1c(CO)cnc(C)c1O)N1CCNCC1.Cl.Cl. The topological polar surface area (TPSA) is 68.6 Å². The summed E-state index contributed by atoms with van der Waals surface area (Å²) < 4.78 is 0. The Morgan fingerprint density at radius 2 is 2.05 bits per heavy atom. The molecule has 0 aromatic carbocycles. The van der Waals surface area contributed by atoms with Gasteiger partial charge in [-0.25, -0.2) is 0 Å². The van der Waals surface area contributed by atoms with Gasteiger partial charge in [0.15, 0.2) is 0 Å². The predicted octanol–water partition coefficient (Wildman–Crippen LogP) is 1.95. The summed E-state index contributed by atoms with van der Waals surface area (Å²) in [6, 6.07) is 0.0402. The Labute approximate surface area is 144 Å². The van der Waals surface area contributed by atoms with Crippen LogP contribution in [0, 0.1) is 6.92 Å². The highest BCUT2D eigenvalue weighted by Gasteiger charge is 2.26. The molecule has 126 valence electrons. The van der Waals surface area contributed by atoms with Gasteiger partial charge in [0.1, 0.15) is 5.75 Å². The van der Waals surface area contributed by atoms with Crippen LogP contribution in [0.15, 0.2) is 18.9 Å². The van der Waals surface area contributed by atoms with E-state index in [0.717, 1.165) is 38.2 Å². The molecule has 2 rings (SSSR count). The lowest BCUT2D eigenvalue weighted by Crippen LogP contribution is -2.45. The second-order valence-corrected chi connectivity index (χ2v) is 5.12. The number of nitrogens with zero attached hydrogens (tertiary/aromatic N) is 2. The highest BCUT2D eigenvalue weighted by molar-refractivity contribution is 5.85. The molecule has 7 heteroatoms. The van der Waals surface area contributed by atoms with Gasteiger partial charge in [0.05, 0.1) is 12.3 Å². The number of piperazine rings is 1. The minimum Gasteiger partial charge on any atom is -0.506 e. The zero-order chi connectivity index (χ0) is 14.5. The molecule has 1 aromatic heterocycles. The van der Waals surface area contributed by atoms with Gasteiger partial charge in [-0.05, 0) is 13.3 Å². The van der Waals surface area contributed by atoms with Crippen molar-refractivity contribution in [3.8, 4) is 5.75 Å². The number of aromatic hydroxyl groups is 1. The Hall–Kier alpha value is -0.850. The number of aliphatic hydroxyl groups is 1. The minimum atomic E-state index is -0.115. The van der Waals surface area contributed by atoms with Crippen LogP contribution in [0.3, 0.4) is 0 Å². The van der Waals surface area contributed by atoms with Gasteiger partial charge in [0.2, 0.25) is 0 Å². The predicted molar refractivity (Wildman–Crippen MR) is 93.1 cm³/mol. The number of aryl methyl sites for hydroxylation is 1. The van der Waals surface area contributed by atoms with Crippen molar-refractivity contribution in [2.75, 3.05) is 26.2 Å². The standard InChI is InChI=1S/C15H23N3O2.2ClH/c1-3-4-13(18-7-5-16-6-8-18)14-12(10-19)9-17-11(2)15(14)20;;/h3,9,13,16,19-20H,1,4-8,10H2,2H3;2*1H/t13-;;/m1../s1. The number of aromatic nitrogens is 1. The average Bonchev–Trinajstić information content (AvgIpc) is 2.49. The second-order valence-electron chi connectivity index (χ2n) is 5.12. The molecule has 2 heterocycles. The van der Waals surface area contributed by atoms with Crippen molar-refractivity contribution >= 4 is 24.8 Å². The fourth-order valence-corrected chi connectivity index (χ4v) is 2.75. The summed E-state index contributed by atoms with van der Waals surface area (Å²) in [4.78, 5) is 6.46. The maximum atomic E-state index is 10.4. The lowest BCUT2D eigenvalue weighted by atomic mass is 9.95. The van der Waals surface area contributed by atoms with Crippen molar-refractivity contribution in [2.45, 2.75) is 26.0 Å². The fourth-order valence-electron chi connectivity index (χ4n) is 2.75. The van der Waals surface area contributed by atoms with E-state index in [1.54, 1.807) is 13.1 Å². The van der Waals surface area contributed by atoms with Crippen LogP contribution in [0.2, 0.25) is 0 Å². The molecular formula is C15H25Cl2N3O2. The number of pyridine rings is 1. The smallest absolute Gasteiger partial charge is 0.141 e. The summed E-state index contributed by atoms with van der Waals surface area (Å²) in [7, 11) is 0. The van der Waals surface area contributed by atoms with E-state index < -0.39 is 0 Å². The number of hydrogen-bond acceptors (Lipinski definition) is 5. The van der Waals surface area contributed by atoms with E-state index in [1.165, 1.54) is 0 Å². The van der Waals surface area contributed by atoms with Gasteiger partial charge in [0.25, 0.3) is 0 Å². The Balaban J connectivity index is 0.00000220. The Kier molecular flexibility index (Phi) is 9.64. The quantitative estimate of drug-likeness (QED) is 0.709. The largest absolute Gasteiger partial charge is 0.506 e. The summed E-state index contributed by atoms with van der Waals surface area (Å²) in [5, 5.41) is 23.3. The molecule has 1 aromatic rings. The van der Waals surface area contributed by atoms with Crippen LogP contribution in [-0.2, 0) is 6.61 Å². The maximum absolute atomic E-state index is 10.4. The molecule has 0 radical (unpaired) electrons. The van der Waals surface area contributed by atoms with E-state index in [1.807, 2.05) is 6.08 Å². The van der Waals surface area contributed by atoms with E-state index in [4.69, 9.17) is 0 Å². The number of nitrogens with one attached hydrogen (secondary N) is 1. The first-order chi connectivity index (χ1) is 9.69. The Morgan fingerprint density at radius 3 is 2.59 bits per heavy atom. The van der Waals surface area contributed by atoms with Crippen molar-refractivity contribution in [3.63, 3.8) is 0 Å². The third-order valence-corrected chi connectivity index (χ3v) is 3.84. The van der Waals surface area contributed by atoms with E-state index in [0.29, 0.717) is 11.3 Å². The highest BCUT2D eigenvalue weighted by Crippen LogP contribution is 2.35. The molecule has 1 saturated heterocycles. The van der Waals surface area contributed by atoms with Crippen LogP contribution in [0.1, 0.15) is 29.3 Å². The van der Waals surface area contributed by atoms with Crippen molar-refractivity contribution in [3.05, 3.63) is 35.7 Å². The van der Waals surface area contributed by atoms with Crippen LogP contribution in [0.25, 0.3) is 0 Å². The first-order valence-corrected chi connectivity index (χ1v) is 7.03. The summed E-state index contributed by atoms with van der Waals surface area (Å²) in [6.07, 6.45) is 4.26. The molecule has 1 atom stereocenters. The molecule has 5 nitrogen and oxygen atoms in total. The van der Waals surface area contributed by atoms with E-state index in [-0.39, 0.29) is 43.2 Å². The first-order valence-electron chi connectivity index (χ1n) is 7.03. The van der Waals surface area contributed by atoms with Gasteiger partial charge < -0.3 is 15.5 Å². The van der Waals surface area contributed by atoms with Crippen molar-refractivity contribution in [2.24, 2.45) is 0 Å². The van der Waals surface area contributed by atoms with Crippen LogP contribution >= 0.6 is 24.8 Å². The summed E-state index contributed by atoms with van der Waals surface area (Å²) in [6.45, 7) is 9.21. The molecule has 0 amide bonds. The van der Waals surface area contributed by atoms with Gasteiger partial charge in [-0.3, -0.25) is 9.88 Å². The van der Waals surface area contributed by atoms with Crippen LogP contribution in [0.5, 0.6) is 5.75 Å². The number of rotatable bonds is 5. The van der Waals surface area contributed by atoms with Crippen molar-refractivity contribution < 1.29 is 10.2 Å². The van der Waals surface area contributed by atoms with E-state index in [2.05, 4.69) is 21.8 Å². The summed E-state index contributed by atoms with van der Waals surface area (Å²) >= 11 is 0. The third kappa shape index (κ3) is 4.57. The minimum absolute atomic E-state index is 0. The average molecular weight is 350 g/mol. The van der Waals surface area contributed by atoms with Crippen LogP contribution in [-0.4, -0.2) is 46.3 Å². The zero-order valence-corrected chi connectivity index (χ0v) is 14.4. The molecule has 3 N–H and O–H groups in total. The van der Waals surface area contributed by atoms with E-state index in [9.17, 15) is 10.2 Å². The molecule has 0 spiro atoms. The monoisotopic (exact) mass is 349 g/mol. The molecule has 22 heavy (non-hydrogen) atoms. The van der Waals surface area contributed by atoms with Gasteiger partial charge in [-0.2, -0.15) is 0 Å². The van der Waals surface area contributed by atoms with Crippen LogP contribution < -0.4 is 5.32 Å². The Morgan fingerprint density at radius 1 is 1.41 bits per heavy atom. The van der Waals surface area contributed by atoms with Crippen molar-refractivity contribution in [1.82, 2.24) is 15.2 Å². The molecule has 1 aliphatic heterocycles.